The summed E-state index contributed by atoms with van der Waals surface area (Å²) >= 11 is 6.01. The monoisotopic (exact) mass is 354 g/mol. The number of aryl methyl sites for hydroxylation is 2. The molecule has 0 aliphatic rings. The molecule has 2 rings (SSSR count). The summed E-state index contributed by atoms with van der Waals surface area (Å²) in [5, 5.41) is 11.3. The molecule has 0 unspecified atom stereocenters. The number of nitro groups is 1. The first-order valence-corrected chi connectivity index (χ1v) is 8.57. The second kappa shape index (κ2) is 6.66. The van der Waals surface area contributed by atoms with Crippen molar-refractivity contribution in [1.29, 1.82) is 0 Å². The SMILES string of the molecule is Cc1cc([N+](=O)[O-])cc(C)c1S(=O)(=O)NCc1ccccc1Cl. The standard InChI is InChI=1S/C15H15ClN2O4S/c1-10-7-13(18(19)20)8-11(2)15(10)23(21,22)17-9-12-5-3-4-6-14(12)16/h3-8,17H,9H2,1-2H3. The zero-order chi connectivity index (χ0) is 17.2. The summed E-state index contributed by atoms with van der Waals surface area (Å²) < 4.78 is 27.5. The Morgan fingerprint density at radius 3 is 2.26 bits per heavy atom. The molecule has 23 heavy (non-hydrogen) atoms. The molecule has 0 fully saturated rings. The van der Waals surface area contributed by atoms with Gasteiger partial charge in [0.2, 0.25) is 10.0 Å². The topological polar surface area (TPSA) is 89.3 Å². The first-order valence-electron chi connectivity index (χ1n) is 6.71. The number of rotatable bonds is 5. The molecule has 0 saturated carbocycles. The van der Waals surface area contributed by atoms with Gasteiger partial charge in [-0.25, -0.2) is 13.1 Å². The van der Waals surface area contributed by atoms with Crippen molar-refractivity contribution >= 4 is 27.3 Å². The zero-order valence-corrected chi connectivity index (χ0v) is 14.1. The van der Waals surface area contributed by atoms with Gasteiger partial charge in [0.1, 0.15) is 0 Å². The van der Waals surface area contributed by atoms with E-state index in [1.807, 2.05) is 0 Å². The van der Waals surface area contributed by atoms with Crippen LogP contribution < -0.4 is 4.72 Å². The number of nitro benzene ring substituents is 1. The molecule has 0 heterocycles. The fourth-order valence-corrected chi connectivity index (χ4v) is 4.00. The van der Waals surface area contributed by atoms with Crippen molar-refractivity contribution < 1.29 is 13.3 Å². The fraction of sp³-hybridized carbons (Fsp3) is 0.200. The Balaban J connectivity index is 2.33. The smallest absolute Gasteiger partial charge is 0.258 e. The summed E-state index contributed by atoms with van der Waals surface area (Å²) in [7, 11) is -3.81. The van der Waals surface area contributed by atoms with Crippen LogP contribution in [0.5, 0.6) is 0 Å². The van der Waals surface area contributed by atoms with Crippen LogP contribution in [0.1, 0.15) is 16.7 Å². The Bertz CT molecular complexity index is 843. The number of hydrogen-bond acceptors (Lipinski definition) is 4. The van der Waals surface area contributed by atoms with Gasteiger partial charge >= 0.3 is 0 Å². The molecule has 0 radical (unpaired) electrons. The van der Waals surface area contributed by atoms with Crippen molar-refractivity contribution in [3.8, 4) is 0 Å². The highest BCUT2D eigenvalue weighted by Gasteiger charge is 2.22. The minimum absolute atomic E-state index is 0.0396. The average molecular weight is 355 g/mol. The zero-order valence-electron chi connectivity index (χ0n) is 12.5. The van der Waals surface area contributed by atoms with E-state index in [1.54, 1.807) is 24.3 Å². The molecule has 0 amide bonds. The summed E-state index contributed by atoms with van der Waals surface area (Å²) in [5.74, 6) is 0. The average Bonchev–Trinajstić information content (AvgIpc) is 2.45. The molecule has 0 atom stereocenters. The molecular formula is C15H15ClN2O4S. The molecule has 122 valence electrons. The van der Waals surface area contributed by atoms with Crippen molar-refractivity contribution in [2.24, 2.45) is 0 Å². The first-order chi connectivity index (χ1) is 10.7. The maximum atomic E-state index is 12.5. The third-order valence-corrected chi connectivity index (χ3v) is 5.41. The molecule has 2 aromatic rings. The molecule has 0 aromatic heterocycles. The molecule has 0 bridgehead atoms. The molecule has 8 heteroatoms. The lowest BCUT2D eigenvalue weighted by Crippen LogP contribution is -2.25. The van der Waals surface area contributed by atoms with Gasteiger partial charge in [-0.15, -0.1) is 0 Å². The second-order valence-electron chi connectivity index (χ2n) is 5.08. The van der Waals surface area contributed by atoms with Gasteiger partial charge in [0.05, 0.1) is 9.82 Å². The minimum Gasteiger partial charge on any atom is -0.258 e. The summed E-state index contributed by atoms with van der Waals surface area (Å²) in [6.45, 7) is 3.10. The Morgan fingerprint density at radius 2 is 1.74 bits per heavy atom. The van der Waals surface area contributed by atoms with E-state index in [1.165, 1.54) is 26.0 Å². The first kappa shape index (κ1) is 17.4. The summed E-state index contributed by atoms with van der Waals surface area (Å²) in [5.41, 5.74) is 1.16. The van der Waals surface area contributed by atoms with Crippen molar-refractivity contribution in [3.63, 3.8) is 0 Å². The number of nitrogens with one attached hydrogen (secondary N) is 1. The molecule has 6 nitrogen and oxygen atoms in total. The van der Waals surface area contributed by atoms with Gasteiger partial charge in [-0.3, -0.25) is 10.1 Å². The van der Waals surface area contributed by atoms with Crippen molar-refractivity contribution in [2.45, 2.75) is 25.3 Å². The highest BCUT2D eigenvalue weighted by atomic mass is 35.5. The molecule has 1 N–H and O–H groups in total. The summed E-state index contributed by atoms with van der Waals surface area (Å²) in [6, 6.07) is 9.41. The molecular weight excluding hydrogens is 340 g/mol. The molecule has 2 aromatic carbocycles. The summed E-state index contributed by atoms with van der Waals surface area (Å²) in [6.07, 6.45) is 0. The third-order valence-electron chi connectivity index (χ3n) is 3.34. The van der Waals surface area contributed by atoms with Crippen LogP contribution in [0, 0.1) is 24.0 Å². The van der Waals surface area contributed by atoms with E-state index in [0.29, 0.717) is 21.7 Å². The fourth-order valence-electron chi connectivity index (χ4n) is 2.34. The van der Waals surface area contributed by atoms with Crippen LogP contribution in [0.15, 0.2) is 41.3 Å². The van der Waals surface area contributed by atoms with E-state index in [0.717, 1.165) is 0 Å². The Hall–Kier alpha value is -1.96. The lowest BCUT2D eigenvalue weighted by molar-refractivity contribution is -0.385. The van der Waals surface area contributed by atoms with E-state index in [-0.39, 0.29) is 17.1 Å². The van der Waals surface area contributed by atoms with E-state index in [2.05, 4.69) is 4.72 Å². The molecule has 0 aliphatic carbocycles. The highest BCUT2D eigenvalue weighted by molar-refractivity contribution is 7.89. The lowest BCUT2D eigenvalue weighted by Gasteiger charge is -2.12. The van der Waals surface area contributed by atoms with Crippen molar-refractivity contribution in [2.75, 3.05) is 0 Å². The maximum Gasteiger partial charge on any atom is 0.270 e. The quantitative estimate of drug-likeness (QED) is 0.658. The van der Waals surface area contributed by atoms with Gasteiger partial charge < -0.3 is 0 Å². The van der Waals surface area contributed by atoms with Crippen LogP contribution in [0.2, 0.25) is 5.02 Å². The van der Waals surface area contributed by atoms with Gasteiger partial charge in [-0.05, 0) is 36.6 Å². The summed E-state index contributed by atoms with van der Waals surface area (Å²) in [4.78, 5) is 10.3. The lowest BCUT2D eigenvalue weighted by atomic mass is 10.1. The van der Waals surface area contributed by atoms with Crippen LogP contribution in [-0.2, 0) is 16.6 Å². The van der Waals surface area contributed by atoms with Crippen LogP contribution >= 0.6 is 11.6 Å². The van der Waals surface area contributed by atoms with E-state index < -0.39 is 14.9 Å². The predicted octanol–water partition coefficient (Wildman–Crippen LogP) is 3.34. The highest BCUT2D eigenvalue weighted by Crippen LogP contribution is 2.26. The van der Waals surface area contributed by atoms with Crippen LogP contribution in [-0.4, -0.2) is 13.3 Å². The molecule has 0 spiro atoms. The van der Waals surface area contributed by atoms with E-state index >= 15 is 0 Å². The number of nitrogens with zero attached hydrogens (tertiary/aromatic N) is 1. The Kier molecular flexibility index (Phi) is 5.03. The third kappa shape index (κ3) is 3.87. The largest absolute Gasteiger partial charge is 0.270 e. The van der Waals surface area contributed by atoms with Gasteiger partial charge in [0.25, 0.3) is 5.69 Å². The van der Waals surface area contributed by atoms with E-state index in [4.69, 9.17) is 11.6 Å². The number of hydrogen-bond donors (Lipinski definition) is 1. The number of benzene rings is 2. The van der Waals surface area contributed by atoms with Crippen molar-refractivity contribution in [1.82, 2.24) is 4.72 Å². The molecule has 0 saturated heterocycles. The van der Waals surface area contributed by atoms with Crippen molar-refractivity contribution in [3.05, 3.63) is 68.2 Å². The second-order valence-corrected chi connectivity index (χ2v) is 7.19. The van der Waals surface area contributed by atoms with Gasteiger partial charge in [0.15, 0.2) is 0 Å². The number of halogens is 1. The van der Waals surface area contributed by atoms with Gasteiger partial charge in [-0.1, -0.05) is 29.8 Å². The Morgan fingerprint density at radius 1 is 1.17 bits per heavy atom. The van der Waals surface area contributed by atoms with Crippen LogP contribution in [0.25, 0.3) is 0 Å². The predicted molar refractivity (Wildman–Crippen MR) is 88.0 cm³/mol. The number of non-ortho nitro benzene ring substituents is 1. The number of sulfonamides is 1. The molecule has 0 aliphatic heterocycles. The maximum absolute atomic E-state index is 12.5. The Labute approximate surface area is 139 Å². The normalized spacial score (nSPS) is 11.4. The minimum atomic E-state index is -3.81. The van der Waals surface area contributed by atoms with E-state index in [9.17, 15) is 18.5 Å². The van der Waals surface area contributed by atoms with Gasteiger partial charge in [-0.2, -0.15) is 0 Å². The van der Waals surface area contributed by atoms with Crippen LogP contribution in [0.3, 0.4) is 0 Å². The van der Waals surface area contributed by atoms with Crippen LogP contribution in [0.4, 0.5) is 5.69 Å². The van der Waals surface area contributed by atoms with Gasteiger partial charge in [0, 0.05) is 23.7 Å².